The van der Waals surface area contributed by atoms with Crippen LogP contribution in [0.15, 0.2) is 0 Å². The highest BCUT2D eigenvalue weighted by Crippen LogP contribution is 2.28. The Kier molecular flexibility index (Phi) is 3.53. The zero-order chi connectivity index (χ0) is 10.7. The Hall–Kier alpha value is -0.680. The van der Waals surface area contributed by atoms with Crippen LogP contribution in [0.4, 0.5) is 5.13 Å². The van der Waals surface area contributed by atoms with E-state index < -0.39 is 0 Å². The van der Waals surface area contributed by atoms with Crippen LogP contribution in [-0.2, 0) is 4.74 Å². The van der Waals surface area contributed by atoms with Gasteiger partial charge in [0.2, 0.25) is 5.13 Å². The molecule has 5 heteroatoms. The molecule has 1 aromatic rings. The van der Waals surface area contributed by atoms with Gasteiger partial charge in [-0.25, -0.2) is 4.98 Å². The number of anilines is 1. The Morgan fingerprint density at radius 3 is 3.13 bits per heavy atom. The Labute approximate surface area is 94.2 Å². The molecule has 2 heterocycles. The van der Waals surface area contributed by atoms with Crippen molar-refractivity contribution in [2.24, 2.45) is 5.92 Å². The Balaban J connectivity index is 1.91. The minimum atomic E-state index is 0.135. The van der Waals surface area contributed by atoms with Crippen LogP contribution in [0.5, 0.6) is 0 Å². The second-order valence-electron chi connectivity index (χ2n) is 4.23. The van der Waals surface area contributed by atoms with Crippen molar-refractivity contribution in [3.8, 4) is 0 Å². The number of nitrogens with zero attached hydrogens (tertiary/aromatic N) is 2. The molecule has 0 bridgehead atoms. The molecule has 1 aromatic heterocycles. The first kappa shape index (κ1) is 10.8. The number of aromatic nitrogens is 2. The van der Waals surface area contributed by atoms with Crippen molar-refractivity contribution in [1.29, 1.82) is 0 Å². The molecule has 2 rings (SSSR count). The highest BCUT2D eigenvalue weighted by Gasteiger charge is 2.21. The van der Waals surface area contributed by atoms with E-state index in [0.29, 0.717) is 5.92 Å². The molecule has 4 nitrogen and oxygen atoms in total. The molecular formula is C10H17N3OS. The van der Waals surface area contributed by atoms with Crippen molar-refractivity contribution in [3.63, 3.8) is 0 Å². The topological polar surface area (TPSA) is 47.0 Å². The van der Waals surface area contributed by atoms with E-state index in [0.717, 1.165) is 36.9 Å². The third-order valence-corrected chi connectivity index (χ3v) is 3.01. The minimum absolute atomic E-state index is 0.135. The van der Waals surface area contributed by atoms with E-state index in [1.807, 2.05) is 0 Å². The van der Waals surface area contributed by atoms with Crippen LogP contribution in [0.1, 0.15) is 38.6 Å². The van der Waals surface area contributed by atoms with Crippen molar-refractivity contribution in [2.75, 3.05) is 18.5 Å². The maximum atomic E-state index is 5.53. The highest BCUT2D eigenvalue weighted by molar-refractivity contribution is 7.09. The Morgan fingerprint density at radius 2 is 2.47 bits per heavy atom. The SMILES string of the molecule is CC(C)CNc1nc(C2CCCO2)ns1. The third-order valence-electron chi connectivity index (χ3n) is 2.32. The fourth-order valence-electron chi connectivity index (χ4n) is 1.51. The summed E-state index contributed by atoms with van der Waals surface area (Å²) in [6.07, 6.45) is 2.31. The summed E-state index contributed by atoms with van der Waals surface area (Å²) in [5, 5.41) is 4.19. The van der Waals surface area contributed by atoms with E-state index in [-0.39, 0.29) is 6.10 Å². The zero-order valence-corrected chi connectivity index (χ0v) is 10.0. The fourth-order valence-corrected chi connectivity index (χ4v) is 2.13. The van der Waals surface area contributed by atoms with Crippen LogP contribution in [-0.4, -0.2) is 22.5 Å². The molecule has 1 atom stereocenters. The van der Waals surface area contributed by atoms with Crippen LogP contribution < -0.4 is 5.32 Å². The quantitative estimate of drug-likeness (QED) is 0.858. The molecule has 0 aliphatic carbocycles. The second kappa shape index (κ2) is 4.90. The van der Waals surface area contributed by atoms with Gasteiger partial charge in [0, 0.05) is 24.7 Å². The van der Waals surface area contributed by atoms with E-state index in [1.165, 1.54) is 11.5 Å². The third kappa shape index (κ3) is 2.89. The lowest BCUT2D eigenvalue weighted by molar-refractivity contribution is 0.106. The summed E-state index contributed by atoms with van der Waals surface area (Å²) in [6.45, 7) is 6.14. The van der Waals surface area contributed by atoms with Gasteiger partial charge in [0.15, 0.2) is 5.82 Å². The van der Waals surface area contributed by atoms with E-state index in [9.17, 15) is 0 Å². The van der Waals surface area contributed by atoms with Crippen molar-refractivity contribution >= 4 is 16.7 Å². The lowest BCUT2D eigenvalue weighted by atomic mass is 10.2. The molecule has 1 unspecified atom stereocenters. The number of hydrogen-bond acceptors (Lipinski definition) is 5. The van der Waals surface area contributed by atoms with Crippen LogP contribution in [0.25, 0.3) is 0 Å². The van der Waals surface area contributed by atoms with Crippen molar-refractivity contribution in [1.82, 2.24) is 9.36 Å². The maximum Gasteiger partial charge on any atom is 0.202 e. The first-order valence-corrected chi connectivity index (χ1v) is 6.22. The zero-order valence-electron chi connectivity index (χ0n) is 9.19. The average Bonchev–Trinajstić information content (AvgIpc) is 2.85. The van der Waals surface area contributed by atoms with Gasteiger partial charge < -0.3 is 10.1 Å². The molecule has 0 radical (unpaired) electrons. The van der Waals surface area contributed by atoms with E-state index in [4.69, 9.17) is 4.74 Å². The van der Waals surface area contributed by atoms with Crippen molar-refractivity contribution < 1.29 is 4.74 Å². The number of ether oxygens (including phenoxy) is 1. The lowest BCUT2D eigenvalue weighted by Crippen LogP contribution is -2.07. The molecule has 0 spiro atoms. The standard InChI is InChI=1S/C10H17N3OS/c1-7(2)6-11-10-12-9(13-15-10)8-4-3-5-14-8/h7-8H,3-6H2,1-2H3,(H,11,12,13). The summed E-state index contributed by atoms with van der Waals surface area (Å²) in [6, 6.07) is 0. The highest BCUT2D eigenvalue weighted by atomic mass is 32.1. The first-order valence-electron chi connectivity index (χ1n) is 5.45. The number of hydrogen-bond donors (Lipinski definition) is 1. The number of nitrogens with one attached hydrogen (secondary N) is 1. The molecule has 0 amide bonds. The molecule has 1 aliphatic rings. The predicted molar refractivity (Wildman–Crippen MR) is 61.2 cm³/mol. The first-order chi connectivity index (χ1) is 7.25. The lowest BCUT2D eigenvalue weighted by Gasteiger charge is -2.04. The van der Waals surface area contributed by atoms with Crippen LogP contribution in [0, 0.1) is 5.92 Å². The van der Waals surface area contributed by atoms with Gasteiger partial charge in [-0.1, -0.05) is 13.8 Å². The fraction of sp³-hybridized carbons (Fsp3) is 0.800. The van der Waals surface area contributed by atoms with E-state index in [1.54, 1.807) is 0 Å². The monoisotopic (exact) mass is 227 g/mol. The Bertz CT molecular complexity index is 307. The van der Waals surface area contributed by atoms with E-state index >= 15 is 0 Å². The average molecular weight is 227 g/mol. The van der Waals surface area contributed by atoms with E-state index in [2.05, 4.69) is 28.5 Å². The molecule has 84 valence electrons. The summed E-state index contributed by atoms with van der Waals surface area (Å²) in [4.78, 5) is 4.44. The van der Waals surface area contributed by atoms with Crippen LogP contribution in [0.3, 0.4) is 0 Å². The number of rotatable bonds is 4. The second-order valence-corrected chi connectivity index (χ2v) is 4.99. The van der Waals surface area contributed by atoms with Gasteiger partial charge >= 0.3 is 0 Å². The van der Waals surface area contributed by atoms with Gasteiger partial charge in [-0.2, -0.15) is 4.37 Å². The van der Waals surface area contributed by atoms with Gasteiger partial charge in [-0.05, 0) is 18.8 Å². The summed E-state index contributed by atoms with van der Waals surface area (Å²) >= 11 is 1.43. The molecule has 15 heavy (non-hydrogen) atoms. The molecule has 1 aliphatic heterocycles. The van der Waals surface area contributed by atoms with Crippen LogP contribution >= 0.6 is 11.5 Å². The van der Waals surface area contributed by atoms with Gasteiger partial charge in [-0.3, -0.25) is 0 Å². The van der Waals surface area contributed by atoms with Gasteiger partial charge in [-0.15, -0.1) is 0 Å². The molecule has 0 aromatic carbocycles. The predicted octanol–water partition coefficient (Wildman–Crippen LogP) is 2.46. The summed E-state index contributed by atoms with van der Waals surface area (Å²) in [5.74, 6) is 1.48. The summed E-state index contributed by atoms with van der Waals surface area (Å²) in [7, 11) is 0. The van der Waals surface area contributed by atoms with Crippen LogP contribution in [0.2, 0.25) is 0 Å². The smallest absolute Gasteiger partial charge is 0.202 e. The molecular weight excluding hydrogens is 210 g/mol. The summed E-state index contributed by atoms with van der Waals surface area (Å²) < 4.78 is 9.85. The minimum Gasteiger partial charge on any atom is -0.370 e. The summed E-state index contributed by atoms with van der Waals surface area (Å²) in [5.41, 5.74) is 0. The van der Waals surface area contributed by atoms with Gasteiger partial charge in [0.05, 0.1) is 0 Å². The maximum absolute atomic E-state index is 5.53. The van der Waals surface area contributed by atoms with Crippen molar-refractivity contribution in [2.45, 2.75) is 32.8 Å². The largest absolute Gasteiger partial charge is 0.370 e. The van der Waals surface area contributed by atoms with Crippen molar-refractivity contribution in [3.05, 3.63) is 5.82 Å². The molecule has 1 saturated heterocycles. The molecule has 0 saturated carbocycles. The molecule has 1 fully saturated rings. The molecule has 1 N–H and O–H groups in total. The Morgan fingerprint density at radius 1 is 1.60 bits per heavy atom. The van der Waals surface area contributed by atoms with Gasteiger partial charge in [0.1, 0.15) is 6.10 Å². The normalized spacial score (nSPS) is 21.1. The van der Waals surface area contributed by atoms with Gasteiger partial charge in [0.25, 0.3) is 0 Å².